The van der Waals surface area contributed by atoms with Gasteiger partial charge in [-0.05, 0) is 263 Å². The van der Waals surface area contributed by atoms with Crippen molar-refractivity contribution >= 4 is 114 Å². The van der Waals surface area contributed by atoms with Gasteiger partial charge in [-0.3, -0.25) is 0 Å². The maximum absolute atomic E-state index is 8.73. The Hall–Kier alpha value is -5.63. The minimum absolute atomic E-state index is 0. The molecule has 4 aliphatic carbocycles. The second-order valence-corrected chi connectivity index (χ2v) is 30.4. The summed E-state index contributed by atoms with van der Waals surface area (Å²) in [5.74, 6) is 0. The number of fused-ring (bicyclic) bond motifs is 12. The molecule has 11 aromatic carbocycles. The molecule has 3 radical (unpaired) electrons. The first-order valence-electron chi connectivity index (χ1n) is 29.1. The van der Waals surface area contributed by atoms with E-state index in [0.29, 0.717) is 9.94 Å². The summed E-state index contributed by atoms with van der Waals surface area (Å²) in [6.45, 7) is 18.9. The third-order valence-electron chi connectivity index (χ3n) is 18.8. The van der Waals surface area contributed by atoms with E-state index in [9.17, 15) is 0 Å². The van der Waals surface area contributed by atoms with Gasteiger partial charge in [-0.25, -0.2) is 0 Å². The van der Waals surface area contributed by atoms with Crippen molar-refractivity contribution < 1.29 is 10.0 Å². The van der Waals surface area contributed by atoms with E-state index in [0.717, 1.165) is 8.95 Å². The molecule has 0 saturated heterocycles. The van der Waals surface area contributed by atoms with Crippen molar-refractivity contribution in [3.8, 4) is 89.0 Å². The van der Waals surface area contributed by atoms with Gasteiger partial charge in [-0.15, -0.1) is 0 Å². The minimum Gasteiger partial charge on any atom is -0.423 e. The van der Waals surface area contributed by atoms with Crippen LogP contribution in [0, 0.1) is 7.14 Å². The van der Waals surface area contributed by atoms with Crippen LogP contribution in [-0.2, 0) is 21.7 Å². The number of rotatable bonds is 5. The highest BCUT2D eigenvalue weighted by Crippen LogP contribution is 2.56. The quantitative estimate of drug-likeness (QED) is 0.133. The molecule has 88 heavy (non-hydrogen) atoms. The Morgan fingerprint density at radius 2 is 0.511 bits per heavy atom. The van der Waals surface area contributed by atoms with Gasteiger partial charge in [0.25, 0.3) is 0 Å². The van der Waals surface area contributed by atoms with Crippen molar-refractivity contribution in [3.05, 3.63) is 283 Å². The van der Waals surface area contributed by atoms with Gasteiger partial charge in [0.1, 0.15) is 0 Å². The van der Waals surface area contributed by atoms with Gasteiger partial charge < -0.3 is 10.0 Å². The molecule has 2 nitrogen and oxygen atoms in total. The smallest absolute Gasteiger partial charge is 0.423 e. The number of hydrogen-bond donors (Lipinski definition) is 2. The van der Waals surface area contributed by atoms with Crippen LogP contribution in [0.1, 0.15) is 107 Å². The molecule has 15 rings (SSSR count). The molecular weight excluding hydrogens is 1500 g/mol. The molecule has 0 spiro atoms. The predicted octanol–water partition coefficient (Wildman–Crippen LogP) is 22.4. The Bertz CT molecular complexity index is 4330. The zero-order valence-corrected chi connectivity index (χ0v) is 58.8. The van der Waals surface area contributed by atoms with E-state index in [1.165, 1.54) is 141 Å². The van der Waals surface area contributed by atoms with Gasteiger partial charge in [0, 0.05) is 50.6 Å². The molecule has 0 fully saturated rings. The first-order valence-corrected chi connectivity index (χ1v) is 33.7. The van der Waals surface area contributed by atoms with Crippen molar-refractivity contribution in [2.24, 2.45) is 0 Å². The summed E-state index contributed by atoms with van der Waals surface area (Å²) in [4.78, 5) is 0. The second-order valence-electron chi connectivity index (χ2n) is 25.3. The third kappa shape index (κ3) is 10.9. The molecular formula is C79H66B2Br3I2O2. The van der Waals surface area contributed by atoms with Gasteiger partial charge in [0.15, 0.2) is 0 Å². The van der Waals surface area contributed by atoms with Gasteiger partial charge in [-0.2, -0.15) is 0 Å². The lowest BCUT2D eigenvalue weighted by molar-refractivity contribution is 0.425. The van der Waals surface area contributed by atoms with Crippen molar-refractivity contribution in [1.29, 1.82) is 0 Å². The maximum Gasteiger partial charge on any atom is 0.489 e. The molecule has 11 aromatic rings. The van der Waals surface area contributed by atoms with Crippen LogP contribution in [0.4, 0.5) is 0 Å². The largest absolute Gasteiger partial charge is 0.489 e. The minimum atomic E-state index is -1.39. The summed E-state index contributed by atoms with van der Waals surface area (Å²) in [6.07, 6.45) is 0. The Morgan fingerprint density at radius 3 is 0.773 bits per heavy atom. The molecule has 4 aliphatic rings. The van der Waals surface area contributed by atoms with Crippen LogP contribution in [0.25, 0.3) is 89.0 Å². The lowest BCUT2D eigenvalue weighted by Gasteiger charge is -2.24. The number of hydrogen-bond acceptors (Lipinski definition) is 2. The average molecular weight is 1560 g/mol. The molecule has 0 aliphatic heterocycles. The fourth-order valence-corrected chi connectivity index (χ4v) is 16.5. The molecule has 0 aromatic heterocycles. The summed E-state index contributed by atoms with van der Waals surface area (Å²) < 4.78 is 5.57. The number of halogens is 5. The van der Waals surface area contributed by atoms with Crippen molar-refractivity contribution in [2.75, 3.05) is 0 Å². The highest BCUT2D eigenvalue weighted by atomic mass is 127. The van der Waals surface area contributed by atoms with E-state index in [-0.39, 0.29) is 37.5 Å². The molecule has 0 amide bonds. The Balaban J connectivity index is 0.000000159. The Kier molecular flexibility index (Phi) is 17.6. The number of benzene rings is 11. The van der Waals surface area contributed by atoms with Crippen LogP contribution < -0.4 is 5.46 Å². The molecule has 2 N–H and O–H groups in total. The van der Waals surface area contributed by atoms with Crippen LogP contribution in [-0.4, -0.2) is 25.6 Å². The summed E-state index contributed by atoms with van der Waals surface area (Å²) in [5.41, 5.74) is 32.7. The maximum atomic E-state index is 8.73. The van der Waals surface area contributed by atoms with E-state index in [4.69, 9.17) is 10.0 Å². The van der Waals surface area contributed by atoms with E-state index >= 15 is 0 Å². The first-order chi connectivity index (χ1) is 41.0. The third-order valence-corrected chi connectivity index (χ3v) is 22.3. The molecule has 0 heterocycles. The van der Waals surface area contributed by atoms with Crippen LogP contribution >= 0.6 is 93.0 Å². The fraction of sp³-hybridized carbons (Fsp3) is 0.165. The lowest BCUT2D eigenvalue weighted by atomic mass is 9.79. The topological polar surface area (TPSA) is 40.5 Å². The van der Waals surface area contributed by atoms with E-state index in [1.54, 1.807) is 18.2 Å². The van der Waals surface area contributed by atoms with Crippen molar-refractivity contribution in [1.82, 2.24) is 0 Å². The van der Waals surface area contributed by atoms with Crippen molar-refractivity contribution in [2.45, 2.75) is 84.5 Å². The van der Waals surface area contributed by atoms with Gasteiger partial charge in [0.2, 0.25) is 0 Å². The highest BCUT2D eigenvalue weighted by Gasteiger charge is 2.40. The van der Waals surface area contributed by atoms with Gasteiger partial charge in [-0.1, -0.05) is 250 Å². The average Bonchev–Trinajstić information content (AvgIpc) is 1.69. The van der Waals surface area contributed by atoms with E-state index < -0.39 is 7.12 Å². The summed E-state index contributed by atoms with van der Waals surface area (Å²) in [6, 6.07) is 80.0. The fourth-order valence-electron chi connectivity index (χ4n) is 14.0. The van der Waals surface area contributed by atoms with Crippen LogP contribution in [0.5, 0.6) is 0 Å². The van der Waals surface area contributed by atoms with E-state index in [2.05, 4.69) is 342 Å². The van der Waals surface area contributed by atoms with Gasteiger partial charge in [0.05, 0.1) is 0 Å². The van der Waals surface area contributed by atoms with E-state index in [1.807, 2.05) is 6.07 Å². The zero-order valence-electron chi connectivity index (χ0n) is 49.7. The normalized spacial score (nSPS) is 14.5. The van der Waals surface area contributed by atoms with Crippen LogP contribution in [0.3, 0.4) is 0 Å². The monoisotopic (exact) mass is 1560 g/mol. The molecule has 9 heteroatoms. The molecule has 0 atom stereocenters. The lowest BCUT2D eigenvalue weighted by Crippen LogP contribution is -2.30. The Morgan fingerprint density at radius 1 is 0.284 bits per heavy atom. The molecule has 0 saturated carbocycles. The van der Waals surface area contributed by atoms with Crippen LogP contribution in [0.2, 0.25) is 0 Å². The summed E-state index contributed by atoms with van der Waals surface area (Å²) in [5, 5.41) is 17.5. The SMILES string of the molecule is C.CC1(C)c2cc(-c3ccc4c(c3)C(C)(C)c3cc(-c5ccccc5Br)ccc3-4)ccc2-c2ccc(-c3ccccc3Br)cc21.CC1(C)c2cc(I)ccc2-c2ccc(-c3ccc4c(c3)C(C)(C)c3cc(I)ccc3-4)cc21.OB(O)c1ccccc1Br.[B]. The zero-order chi connectivity index (χ0) is 60.4. The predicted molar refractivity (Wildman–Crippen MR) is 402 cm³/mol. The molecule has 0 bridgehead atoms. The second kappa shape index (κ2) is 24.2. The molecule has 0 unspecified atom stereocenters. The first kappa shape index (κ1) is 63.9. The molecule has 435 valence electrons. The summed E-state index contributed by atoms with van der Waals surface area (Å²) in [7, 11) is -1.39. The highest BCUT2D eigenvalue weighted by molar-refractivity contribution is 14.1. The standard InChI is InChI=1S/C42H32Br2.C30H24I2.C6H6BBrO2.CH4.B/c1-41(2)35-21-25(13-17-31(35)33-19-15-27(23-37(33)41)29-9-5-7-11-39(29)43)26-14-18-32-34-20-16-28(30-10-6-8-12-40(30)44)24-38(34)42(3,4)36(32)22-26;1-29(2)25-13-17(5-9-21(25)23-11-7-19(31)15-27(23)29)18-6-10-22-24-12-8-20(32)16-28(24)30(3,4)26(22)14-18;8-6-4-2-1-3-5(6)7(9)10;;/h5-24H,1-4H3;5-16H,1-4H3;1-4,9-10H;1H4;. The Labute approximate surface area is 575 Å². The van der Waals surface area contributed by atoms with Crippen LogP contribution in [0.15, 0.2) is 232 Å². The van der Waals surface area contributed by atoms with Gasteiger partial charge >= 0.3 is 7.12 Å². The summed E-state index contributed by atoms with van der Waals surface area (Å²) >= 11 is 15.5. The van der Waals surface area contributed by atoms with Crippen molar-refractivity contribution in [3.63, 3.8) is 0 Å².